The van der Waals surface area contributed by atoms with Crippen LogP contribution in [-0.2, 0) is 13.0 Å². The van der Waals surface area contributed by atoms with Crippen molar-refractivity contribution in [2.75, 3.05) is 5.32 Å². The first-order chi connectivity index (χ1) is 9.08. The molecule has 1 aromatic carbocycles. The average Bonchev–Trinajstić information content (AvgIpc) is 2.83. The Bertz CT molecular complexity index is 599. The average molecular weight is 327 g/mol. The minimum atomic E-state index is -0.447. The fraction of sp³-hybridized carbons (Fsp3) is 0.273. The molecule has 0 saturated heterocycles. The van der Waals surface area contributed by atoms with Gasteiger partial charge in [0.1, 0.15) is 0 Å². The van der Waals surface area contributed by atoms with Gasteiger partial charge in [0.25, 0.3) is 5.69 Å². The van der Waals surface area contributed by atoms with Crippen LogP contribution in [-0.4, -0.2) is 15.1 Å². The zero-order valence-corrected chi connectivity index (χ0v) is 11.7. The van der Waals surface area contributed by atoms with E-state index in [1.54, 1.807) is 6.07 Å². The number of nitrogens with zero attached hydrogens (tertiary/aromatic N) is 3. The second kappa shape index (κ2) is 5.79. The van der Waals surface area contributed by atoms with Gasteiger partial charge < -0.3 is 9.73 Å². The molecule has 0 unspecified atom stereocenters. The Kier molecular flexibility index (Phi) is 4.10. The molecule has 0 fully saturated rings. The largest absolute Gasteiger partial charge is 0.423 e. The van der Waals surface area contributed by atoms with Crippen LogP contribution in [0.1, 0.15) is 18.7 Å². The molecule has 0 aliphatic rings. The Morgan fingerprint density at radius 1 is 1.37 bits per heavy atom. The molecule has 100 valence electrons. The van der Waals surface area contributed by atoms with Crippen molar-refractivity contribution in [2.24, 2.45) is 0 Å². The van der Waals surface area contributed by atoms with Crippen LogP contribution >= 0.6 is 15.9 Å². The zero-order valence-electron chi connectivity index (χ0n) is 10.1. The van der Waals surface area contributed by atoms with E-state index in [1.807, 2.05) is 6.92 Å². The van der Waals surface area contributed by atoms with E-state index in [0.717, 1.165) is 0 Å². The predicted octanol–water partition coefficient (Wildman–Crippen LogP) is 2.91. The van der Waals surface area contributed by atoms with Crippen LogP contribution in [0, 0.1) is 10.1 Å². The summed E-state index contributed by atoms with van der Waals surface area (Å²) >= 11 is 3.23. The second-order valence-corrected chi connectivity index (χ2v) is 4.67. The molecule has 0 saturated carbocycles. The highest BCUT2D eigenvalue weighted by Crippen LogP contribution is 2.24. The van der Waals surface area contributed by atoms with E-state index in [2.05, 4.69) is 31.4 Å². The van der Waals surface area contributed by atoms with Gasteiger partial charge in [-0.15, -0.1) is 10.2 Å². The summed E-state index contributed by atoms with van der Waals surface area (Å²) in [6, 6.07) is 4.62. The number of nitrogens with one attached hydrogen (secondary N) is 1. The van der Waals surface area contributed by atoms with Crippen LogP contribution in [0.4, 0.5) is 11.4 Å². The number of nitro benzene ring substituents is 1. The Morgan fingerprint density at radius 2 is 2.11 bits per heavy atom. The normalized spacial score (nSPS) is 10.4. The fourth-order valence-corrected chi connectivity index (χ4v) is 1.94. The lowest BCUT2D eigenvalue weighted by Crippen LogP contribution is -2.00. The molecule has 0 aliphatic carbocycles. The Hall–Kier alpha value is -1.96. The first kappa shape index (κ1) is 13.5. The van der Waals surface area contributed by atoms with Crippen LogP contribution < -0.4 is 5.32 Å². The van der Waals surface area contributed by atoms with Gasteiger partial charge in [0.15, 0.2) is 0 Å². The topological polar surface area (TPSA) is 94.1 Å². The van der Waals surface area contributed by atoms with Gasteiger partial charge in [0.05, 0.1) is 11.5 Å². The van der Waals surface area contributed by atoms with E-state index in [9.17, 15) is 10.1 Å². The quantitative estimate of drug-likeness (QED) is 0.670. The maximum absolute atomic E-state index is 10.7. The minimum absolute atomic E-state index is 0.0108. The van der Waals surface area contributed by atoms with Crippen LogP contribution in [0.25, 0.3) is 0 Å². The highest BCUT2D eigenvalue weighted by Gasteiger charge is 2.09. The smallest absolute Gasteiger partial charge is 0.272 e. The second-order valence-electron chi connectivity index (χ2n) is 3.75. The molecule has 0 bridgehead atoms. The molecule has 0 amide bonds. The summed E-state index contributed by atoms with van der Waals surface area (Å²) < 4.78 is 5.96. The number of anilines is 1. The van der Waals surface area contributed by atoms with Crippen molar-refractivity contribution >= 4 is 27.3 Å². The molecule has 2 rings (SSSR count). The maximum Gasteiger partial charge on any atom is 0.272 e. The Labute approximate surface area is 117 Å². The lowest BCUT2D eigenvalue weighted by Gasteiger charge is -2.04. The number of benzene rings is 1. The van der Waals surface area contributed by atoms with Gasteiger partial charge in [-0.3, -0.25) is 10.1 Å². The lowest BCUT2D eigenvalue weighted by atomic mass is 10.3. The fourth-order valence-electron chi connectivity index (χ4n) is 1.46. The molecule has 19 heavy (non-hydrogen) atoms. The van der Waals surface area contributed by atoms with E-state index in [-0.39, 0.29) is 5.69 Å². The molecular formula is C11H11BrN4O3. The van der Waals surface area contributed by atoms with Crippen molar-refractivity contribution in [3.8, 4) is 0 Å². The van der Waals surface area contributed by atoms with Gasteiger partial charge in [-0.1, -0.05) is 22.9 Å². The molecule has 7 nitrogen and oxygen atoms in total. The molecule has 1 N–H and O–H groups in total. The van der Waals surface area contributed by atoms with Gasteiger partial charge >= 0.3 is 0 Å². The van der Waals surface area contributed by atoms with E-state index < -0.39 is 4.92 Å². The molecule has 0 spiro atoms. The molecule has 1 aromatic heterocycles. The third-order valence-corrected chi connectivity index (χ3v) is 2.81. The van der Waals surface area contributed by atoms with Crippen LogP contribution in [0.2, 0.25) is 0 Å². The summed E-state index contributed by atoms with van der Waals surface area (Å²) in [6.07, 6.45) is 0.676. The molecule has 0 aliphatic heterocycles. The molecule has 2 aromatic rings. The number of hydrogen-bond acceptors (Lipinski definition) is 6. The van der Waals surface area contributed by atoms with Gasteiger partial charge in [-0.25, -0.2) is 0 Å². The number of aromatic nitrogens is 2. The highest BCUT2D eigenvalue weighted by atomic mass is 79.9. The van der Waals surface area contributed by atoms with Crippen molar-refractivity contribution < 1.29 is 9.34 Å². The number of aryl methyl sites for hydroxylation is 1. The molecular weight excluding hydrogens is 316 g/mol. The number of rotatable bonds is 5. The number of nitro groups is 1. The van der Waals surface area contributed by atoms with Crippen molar-refractivity contribution in [1.29, 1.82) is 0 Å². The third-order valence-electron chi connectivity index (χ3n) is 2.35. The van der Waals surface area contributed by atoms with E-state index >= 15 is 0 Å². The van der Waals surface area contributed by atoms with Crippen LogP contribution in [0.3, 0.4) is 0 Å². The molecule has 0 atom stereocenters. The van der Waals surface area contributed by atoms with Gasteiger partial charge in [-0.2, -0.15) is 0 Å². The van der Waals surface area contributed by atoms with Gasteiger partial charge in [0, 0.05) is 28.7 Å². The van der Waals surface area contributed by atoms with Crippen LogP contribution in [0.5, 0.6) is 0 Å². The number of non-ortho nitro benzene ring substituents is 1. The first-order valence-electron chi connectivity index (χ1n) is 5.58. The number of hydrogen-bond donors (Lipinski definition) is 1. The van der Waals surface area contributed by atoms with Crippen molar-refractivity contribution in [3.63, 3.8) is 0 Å². The Balaban J connectivity index is 2.08. The lowest BCUT2D eigenvalue weighted by molar-refractivity contribution is -0.384. The monoisotopic (exact) mass is 326 g/mol. The van der Waals surface area contributed by atoms with E-state index in [4.69, 9.17) is 4.42 Å². The third kappa shape index (κ3) is 3.50. The first-order valence-corrected chi connectivity index (χ1v) is 6.38. The van der Waals surface area contributed by atoms with Crippen molar-refractivity contribution in [1.82, 2.24) is 10.2 Å². The summed E-state index contributed by atoms with van der Waals surface area (Å²) in [4.78, 5) is 10.3. The zero-order chi connectivity index (χ0) is 13.8. The molecule has 1 heterocycles. The van der Waals surface area contributed by atoms with Crippen molar-refractivity contribution in [3.05, 3.63) is 44.6 Å². The van der Waals surface area contributed by atoms with E-state index in [1.165, 1.54) is 12.1 Å². The van der Waals surface area contributed by atoms with E-state index in [0.29, 0.717) is 34.9 Å². The SMILES string of the molecule is CCc1nnc(CNc2cc(Br)cc([N+](=O)[O-])c2)o1. The van der Waals surface area contributed by atoms with Crippen molar-refractivity contribution in [2.45, 2.75) is 19.9 Å². The van der Waals surface area contributed by atoms with Gasteiger partial charge in [-0.05, 0) is 6.07 Å². The summed E-state index contributed by atoms with van der Waals surface area (Å²) in [7, 11) is 0. The molecule has 0 radical (unpaired) electrons. The summed E-state index contributed by atoms with van der Waals surface area (Å²) in [5, 5.41) is 21.4. The minimum Gasteiger partial charge on any atom is -0.423 e. The predicted molar refractivity (Wildman–Crippen MR) is 71.8 cm³/mol. The molecule has 8 heteroatoms. The Morgan fingerprint density at radius 3 is 2.74 bits per heavy atom. The van der Waals surface area contributed by atoms with Gasteiger partial charge in [0.2, 0.25) is 11.8 Å². The van der Waals surface area contributed by atoms with Crippen LogP contribution in [0.15, 0.2) is 27.1 Å². The maximum atomic E-state index is 10.7. The highest BCUT2D eigenvalue weighted by molar-refractivity contribution is 9.10. The standard InChI is InChI=1S/C11H11BrN4O3/c1-2-10-14-15-11(19-10)6-13-8-3-7(12)4-9(5-8)16(17)18/h3-5,13H,2,6H2,1H3. The summed E-state index contributed by atoms with van der Waals surface area (Å²) in [5.41, 5.74) is 0.619. The number of halogens is 1. The summed E-state index contributed by atoms with van der Waals surface area (Å²) in [5.74, 6) is 1.01. The summed E-state index contributed by atoms with van der Waals surface area (Å²) in [6.45, 7) is 2.24.